The Balaban J connectivity index is 1.73. The molecule has 3 rings (SSSR count). The first-order valence-corrected chi connectivity index (χ1v) is 8.67. The van der Waals surface area contributed by atoms with E-state index in [1.165, 1.54) is 0 Å². The van der Waals surface area contributed by atoms with E-state index in [2.05, 4.69) is 15.6 Å². The van der Waals surface area contributed by atoms with Crippen molar-refractivity contribution in [2.24, 2.45) is 0 Å². The van der Waals surface area contributed by atoms with E-state index in [-0.39, 0.29) is 11.8 Å². The van der Waals surface area contributed by atoms with Gasteiger partial charge in [-0.25, -0.2) is 4.98 Å². The molecule has 0 aliphatic rings. The number of nitrogens with one attached hydrogen (secondary N) is 2. The fourth-order valence-electron chi connectivity index (χ4n) is 2.31. The van der Waals surface area contributed by atoms with Crippen molar-refractivity contribution in [3.63, 3.8) is 0 Å². The molecule has 0 atom stereocenters. The first-order chi connectivity index (χ1) is 12.6. The van der Waals surface area contributed by atoms with E-state index in [1.807, 2.05) is 6.07 Å². The van der Waals surface area contributed by atoms with Crippen LogP contribution in [0.1, 0.15) is 25.7 Å². The van der Waals surface area contributed by atoms with Gasteiger partial charge in [-0.1, -0.05) is 35.6 Å². The van der Waals surface area contributed by atoms with Crippen LogP contribution in [0.15, 0.2) is 54.6 Å². The van der Waals surface area contributed by atoms with Gasteiger partial charge in [-0.05, 0) is 31.2 Å². The predicted octanol–water partition coefficient (Wildman–Crippen LogP) is 3.96. The second kappa shape index (κ2) is 7.79. The highest BCUT2D eigenvalue weighted by Crippen LogP contribution is 2.25. The number of benzene rings is 2. The Morgan fingerprint density at radius 3 is 2.50 bits per heavy atom. The zero-order chi connectivity index (χ0) is 18.5. The number of hydrogen-bond donors (Lipinski definition) is 2. The summed E-state index contributed by atoms with van der Waals surface area (Å²) in [7, 11) is 1.57. The van der Waals surface area contributed by atoms with E-state index in [0.29, 0.717) is 32.7 Å². The number of nitrogens with zero attached hydrogens (tertiary/aromatic N) is 1. The third kappa shape index (κ3) is 4.07. The van der Waals surface area contributed by atoms with Crippen LogP contribution in [0.4, 0.5) is 10.8 Å². The third-order valence-electron chi connectivity index (χ3n) is 3.59. The van der Waals surface area contributed by atoms with Gasteiger partial charge >= 0.3 is 0 Å². The number of carbonyl (C=O) groups is 2. The molecule has 0 radical (unpaired) electrons. The van der Waals surface area contributed by atoms with Gasteiger partial charge in [-0.3, -0.25) is 14.9 Å². The molecule has 0 aliphatic heterocycles. The Bertz CT molecular complexity index is 938. The van der Waals surface area contributed by atoms with E-state index in [1.54, 1.807) is 62.6 Å². The number of carbonyl (C=O) groups excluding carboxylic acids is 2. The van der Waals surface area contributed by atoms with Gasteiger partial charge in [0.15, 0.2) is 5.13 Å². The van der Waals surface area contributed by atoms with Gasteiger partial charge in [0.25, 0.3) is 11.8 Å². The summed E-state index contributed by atoms with van der Waals surface area (Å²) in [6.45, 7) is 1.73. The van der Waals surface area contributed by atoms with Gasteiger partial charge in [0, 0.05) is 17.3 Å². The number of aryl methyl sites for hydroxylation is 1. The molecule has 2 amide bonds. The van der Waals surface area contributed by atoms with Crippen LogP contribution in [0, 0.1) is 6.92 Å². The molecule has 0 fully saturated rings. The van der Waals surface area contributed by atoms with Crippen LogP contribution in [0.3, 0.4) is 0 Å². The van der Waals surface area contributed by atoms with Gasteiger partial charge in [-0.2, -0.15) is 0 Å². The molecule has 0 unspecified atom stereocenters. The molecule has 132 valence electrons. The smallest absolute Gasteiger partial charge is 0.267 e. The highest BCUT2D eigenvalue weighted by Gasteiger charge is 2.17. The summed E-state index contributed by atoms with van der Waals surface area (Å²) in [4.78, 5) is 29.4. The highest BCUT2D eigenvalue weighted by molar-refractivity contribution is 7.17. The van der Waals surface area contributed by atoms with Crippen molar-refractivity contribution in [1.29, 1.82) is 0 Å². The highest BCUT2D eigenvalue weighted by atomic mass is 32.1. The zero-order valence-corrected chi connectivity index (χ0v) is 15.1. The number of methoxy groups -OCH3 is 1. The molecule has 1 heterocycles. The monoisotopic (exact) mass is 367 g/mol. The number of thiazole rings is 1. The van der Waals surface area contributed by atoms with Gasteiger partial charge in [0.1, 0.15) is 10.6 Å². The Kier molecular flexibility index (Phi) is 5.28. The van der Waals surface area contributed by atoms with Crippen molar-refractivity contribution < 1.29 is 14.3 Å². The molecule has 2 aromatic carbocycles. The first kappa shape index (κ1) is 17.6. The number of amides is 2. The van der Waals surface area contributed by atoms with Gasteiger partial charge in [0.05, 0.1) is 12.8 Å². The zero-order valence-electron chi connectivity index (χ0n) is 14.3. The van der Waals surface area contributed by atoms with Crippen molar-refractivity contribution in [3.8, 4) is 5.75 Å². The van der Waals surface area contributed by atoms with Gasteiger partial charge in [-0.15, -0.1) is 0 Å². The summed E-state index contributed by atoms with van der Waals surface area (Å²) in [6, 6.07) is 15.9. The summed E-state index contributed by atoms with van der Waals surface area (Å²) in [5, 5.41) is 5.92. The van der Waals surface area contributed by atoms with Crippen molar-refractivity contribution in [3.05, 3.63) is 70.7 Å². The van der Waals surface area contributed by atoms with Crippen LogP contribution >= 0.6 is 11.3 Å². The topological polar surface area (TPSA) is 80.3 Å². The number of ether oxygens (including phenoxy) is 1. The third-order valence-corrected chi connectivity index (χ3v) is 4.66. The lowest BCUT2D eigenvalue weighted by Crippen LogP contribution is -2.11. The van der Waals surface area contributed by atoms with Gasteiger partial charge in [0.2, 0.25) is 0 Å². The molecule has 6 nitrogen and oxygen atoms in total. The Hall–Kier alpha value is -3.19. The lowest BCUT2D eigenvalue weighted by atomic mass is 10.2. The van der Waals surface area contributed by atoms with Gasteiger partial charge < -0.3 is 10.1 Å². The SMILES string of the molecule is COc1cccc(NC(=O)c2sc(NC(=O)c3ccccc3)nc2C)c1. The van der Waals surface area contributed by atoms with E-state index in [0.717, 1.165) is 11.3 Å². The molecule has 0 saturated carbocycles. The maximum atomic E-state index is 12.5. The average molecular weight is 367 g/mol. The van der Waals surface area contributed by atoms with E-state index >= 15 is 0 Å². The van der Waals surface area contributed by atoms with E-state index < -0.39 is 0 Å². The molecular weight excluding hydrogens is 350 g/mol. The minimum Gasteiger partial charge on any atom is -0.497 e. The number of anilines is 2. The minimum atomic E-state index is -0.284. The predicted molar refractivity (Wildman–Crippen MR) is 102 cm³/mol. The standard InChI is InChI=1S/C19H17N3O3S/c1-12-16(18(24)21-14-9-6-10-15(11-14)25-2)26-19(20-12)22-17(23)13-7-4-3-5-8-13/h3-11H,1-2H3,(H,21,24)(H,20,22,23). The molecule has 0 spiro atoms. The quantitative estimate of drug-likeness (QED) is 0.715. The summed E-state index contributed by atoms with van der Waals surface area (Å²) in [5.41, 5.74) is 1.71. The van der Waals surface area contributed by atoms with Crippen LogP contribution in [0.5, 0.6) is 5.75 Å². The maximum Gasteiger partial charge on any atom is 0.267 e. The second-order valence-corrected chi connectivity index (χ2v) is 6.44. The molecule has 26 heavy (non-hydrogen) atoms. The largest absolute Gasteiger partial charge is 0.497 e. The average Bonchev–Trinajstić information content (AvgIpc) is 3.03. The fraction of sp³-hybridized carbons (Fsp3) is 0.105. The molecule has 7 heteroatoms. The molecule has 2 N–H and O–H groups in total. The van der Waals surface area contributed by atoms with Crippen LogP contribution in [-0.2, 0) is 0 Å². The summed E-state index contributed by atoms with van der Waals surface area (Å²) >= 11 is 1.13. The van der Waals surface area contributed by atoms with Crippen molar-refractivity contribution in [2.75, 3.05) is 17.7 Å². The Morgan fingerprint density at radius 1 is 1.00 bits per heavy atom. The summed E-state index contributed by atoms with van der Waals surface area (Å²) in [5.74, 6) is 0.104. The number of rotatable bonds is 5. The van der Waals surface area contributed by atoms with E-state index in [4.69, 9.17) is 4.74 Å². The molecular formula is C19H17N3O3S. The van der Waals surface area contributed by atoms with Crippen LogP contribution in [-0.4, -0.2) is 23.9 Å². The first-order valence-electron chi connectivity index (χ1n) is 7.86. The van der Waals surface area contributed by atoms with Crippen LogP contribution in [0.25, 0.3) is 0 Å². The van der Waals surface area contributed by atoms with Crippen LogP contribution in [0.2, 0.25) is 0 Å². The Labute approximate surface area is 154 Å². The van der Waals surface area contributed by atoms with E-state index in [9.17, 15) is 9.59 Å². The molecule has 0 saturated heterocycles. The molecule has 0 bridgehead atoms. The van der Waals surface area contributed by atoms with Crippen molar-refractivity contribution >= 4 is 34.0 Å². The number of aromatic nitrogens is 1. The normalized spacial score (nSPS) is 10.2. The lowest BCUT2D eigenvalue weighted by molar-refractivity contribution is 0.102. The summed E-state index contributed by atoms with van der Waals surface area (Å²) < 4.78 is 5.15. The van der Waals surface area contributed by atoms with Crippen molar-refractivity contribution in [2.45, 2.75) is 6.92 Å². The minimum absolute atomic E-state index is 0.265. The molecule has 1 aromatic heterocycles. The summed E-state index contributed by atoms with van der Waals surface area (Å²) in [6.07, 6.45) is 0. The second-order valence-electron chi connectivity index (χ2n) is 5.44. The molecule has 0 aliphatic carbocycles. The molecule has 3 aromatic rings. The van der Waals surface area contributed by atoms with Crippen molar-refractivity contribution in [1.82, 2.24) is 4.98 Å². The number of hydrogen-bond acceptors (Lipinski definition) is 5. The van der Waals surface area contributed by atoms with Crippen LogP contribution < -0.4 is 15.4 Å². The maximum absolute atomic E-state index is 12.5. The Morgan fingerprint density at radius 2 is 1.77 bits per heavy atom. The lowest BCUT2D eigenvalue weighted by Gasteiger charge is -2.06. The fourth-order valence-corrected chi connectivity index (χ4v) is 3.16.